The quantitative estimate of drug-likeness (QED) is 0.330. The first-order chi connectivity index (χ1) is 16.6. The van der Waals surface area contributed by atoms with E-state index in [9.17, 15) is 29.1 Å². The molecule has 0 bridgehead atoms. The Bertz CT molecular complexity index is 1250. The summed E-state index contributed by atoms with van der Waals surface area (Å²) in [4.78, 5) is 23.1. The number of anilines is 1. The average Bonchev–Trinajstić information content (AvgIpc) is 3.28. The number of halogens is 2. The normalized spacial score (nSPS) is 26.0. The Kier molecular flexibility index (Phi) is 5.73. The molecule has 0 radical (unpaired) electrons. The van der Waals surface area contributed by atoms with Crippen LogP contribution in [0.15, 0.2) is 30.6 Å². The number of rotatable bonds is 7. The van der Waals surface area contributed by atoms with E-state index in [1.54, 1.807) is 19.1 Å². The molecule has 2 aliphatic rings. The standard InChI is InChI=1S/C21H22F2N6O6/c1-10-15(30)16(31)19(35-10)28-17-14(27-20(28)26-12-6-21(22,23)7-12)18(25-9-24-17)34-8-11-2-4-13(5-3-11)29(32)33/h2-5,9-10,12,15-16,19,30-31H,6-8H2,1H3,(H,26,27)/t10-,15-,16-,19-/m1/s1. The van der Waals surface area contributed by atoms with Crippen LogP contribution >= 0.6 is 0 Å². The van der Waals surface area contributed by atoms with Gasteiger partial charge in [0, 0.05) is 31.0 Å². The number of aliphatic hydroxyl groups is 2. The van der Waals surface area contributed by atoms with E-state index in [-0.39, 0.29) is 48.1 Å². The lowest BCUT2D eigenvalue weighted by Gasteiger charge is -2.35. The number of non-ortho nitro benzene ring substituents is 1. The van der Waals surface area contributed by atoms with E-state index in [0.717, 1.165) is 0 Å². The molecule has 3 heterocycles. The summed E-state index contributed by atoms with van der Waals surface area (Å²) in [5.41, 5.74) is 0.981. The van der Waals surface area contributed by atoms with Crippen LogP contribution in [-0.2, 0) is 11.3 Å². The maximum absolute atomic E-state index is 13.4. The molecule has 3 N–H and O–H groups in total. The summed E-state index contributed by atoms with van der Waals surface area (Å²) in [5.74, 6) is -2.57. The van der Waals surface area contributed by atoms with E-state index < -0.39 is 41.4 Å². The monoisotopic (exact) mass is 492 g/mol. The van der Waals surface area contributed by atoms with Crippen LogP contribution in [0.5, 0.6) is 5.88 Å². The van der Waals surface area contributed by atoms with Gasteiger partial charge in [-0.05, 0) is 24.6 Å². The topological polar surface area (TPSA) is 158 Å². The smallest absolute Gasteiger partial charge is 0.269 e. The SMILES string of the molecule is C[C@H]1O[C@@H](n2c(NC3CC(F)(F)C3)nc3c(OCc4ccc([N+](=O)[O-])cc4)ncnc32)[C@H](O)[C@@H]1O. The van der Waals surface area contributed by atoms with Crippen molar-refractivity contribution in [2.45, 2.75) is 62.9 Å². The predicted octanol–water partition coefficient (Wildman–Crippen LogP) is 2.16. The highest BCUT2D eigenvalue weighted by Crippen LogP contribution is 2.41. The number of benzene rings is 1. The summed E-state index contributed by atoms with van der Waals surface area (Å²) in [6.45, 7) is 1.62. The van der Waals surface area contributed by atoms with Crippen molar-refractivity contribution in [2.24, 2.45) is 0 Å². The molecule has 1 aliphatic heterocycles. The van der Waals surface area contributed by atoms with Gasteiger partial charge in [-0.3, -0.25) is 14.7 Å². The second kappa shape index (κ2) is 8.62. The summed E-state index contributed by atoms with van der Waals surface area (Å²) in [5, 5.41) is 34.5. The number of nitro groups is 1. The number of hydrogen-bond acceptors (Lipinski definition) is 10. The van der Waals surface area contributed by atoms with Crippen molar-refractivity contribution < 1.29 is 33.4 Å². The number of hydrogen-bond donors (Lipinski definition) is 3. The van der Waals surface area contributed by atoms with Gasteiger partial charge in [0.15, 0.2) is 17.4 Å². The number of aromatic nitrogens is 4. The number of alkyl halides is 2. The first kappa shape index (κ1) is 23.3. The van der Waals surface area contributed by atoms with Crippen LogP contribution in [0.4, 0.5) is 20.4 Å². The summed E-state index contributed by atoms with van der Waals surface area (Å²) < 4.78 is 39.7. The molecule has 2 fully saturated rings. The zero-order valence-electron chi connectivity index (χ0n) is 18.4. The molecular formula is C21H22F2N6O6. The van der Waals surface area contributed by atoms with Crippen molar-refractivity contribution in [3.8, 4) is 5.88 Å². The molecule has 186 valence electrons. The van der Waals surface area contributed by atoms with Crippen LogP contribution in [0.25, 0.3) is 11.2 Å². The van der Waals surface area contributed by atoms with E-state index in [4.69, 9.17) is 9.47 Å². The predicted molar refractivity (Wildman–Crippen MR) is 116 cm³/mol. The van der Waals surface area contributed by atoms with Crippen LogP contribution < -0.4 is 10.1 Å². The van der Waals surface area contributed by atoms with Gasteiger partial charge in [-0.15, -0.1) is 0 Å². The highest BCUT2D eigenvalue weighted by atomic mass is 19.3. The fourth-order valence-corrected chi connectivity index (χ4v) is 4.19. The van der Waals surface area contributed by atoms with Gasteiger partial charge in [0.25, 0.3) is 11.6 Å². The van der Waals surface area contributed by atoms with E-state index in [1.165, 1.54) is 23.0 Å². The van der Waals surface area contributed by atoms with Gasteiger partial charge in [-0.1, -0.05) is 0 Å². The van der Waals surface area contributed by atoms with Gasteiger partial charge in [0.2, 0.25) is 11.8 Å². The molecule has 1 saturated heterocycles. The molecule has 1 aliphatic carbocycles. The molecule has 35 heavy (non-hydrogen) atoms. The lowest BCUT2D eigenvalue weighted by molar-refractivity contribution is -0.384. The maximum atomic E-state index is 13.4. The Morgan fingerprint density at radius 3 is 2.57 bits per heavy atom. The van der Waals surface area contributed by atoms with Gasteiger partial charge in [0.1, 0.15) is 25.1 Å². The van der Waals surface area contributed by atoms with E-state index in [0.29, 0.717) is 5.56 Å². The van der Waals surface area contributed by atoms with Crippen LogP contribution in [0, 0.1) is 10.1 Å². The van der Waals surface area contributed by atoms with Crippen molar-refractivity contribution >= 4 is 22.8 Å². The molecule has 1 saturated carbocycles. The second-order valence-electron chi connectivity index (χ2n) is 8.69. The van der Waals surface area contributed by atoms with Gasteiger partial charge in [-0.2, -0.15) is 4.98 Å². The second-order valence-corrected chi connectivity index (χ2v) is 8.69. The Morgan fingerprint density at radius 1 is 1.26 bits per heavy atom. The van der Waals surface area contributed by atoms with Crippen LogP contribution in [-0.4, -0.2) is 64.9 Å². The van der Waals surface area contributed by atoms with Crippen molar-refractivity contribution in [3.05, 3.63) is 46.3 Å². The molecule has 0 amide bonds. The Morgan fingerprint density at radius 2 is 1.97 bits per heavy atom. The molecule has 12 nitrogen and oxygen atoms in total. The Labute approximate surface area is 196 Å². The molecular weight excluding hydrogens is 470 g/mol. The van der Waals surface area contributed by atoms with Crippen LogP contribution in [0.1, 0.15) is 31.6 Å². The summed E-state index contributed by atoms with van der Waals surface area (Å²) in [6.07, 6.45) is -3.78. The number of imidazole rings is 1. The Hall–Kier alpha value is -3.49. The largest absolute Gasteiger partial charge is 0.471 e. The molecule has 0 spiro atoms. The molecule has 14 heteroatoms. The van der Waals surface area contributed by atoms with Gasteiger partial charge >= 0.3 is 0 Å². The van der Waals surface area contributed by atoms with E-state index in [2.05, 4.69) is 20.3 Å². The van der Waals surface area contributed by atoms with Gasteiger partial charge in [-0.25, -0.2) is 18.7 Å². The zero-order valence-corrected chi connectivity index (χ0v) is 18.4. The lowest BCUT2D eigenvalue weighted by atomic mass is 9.88. The lowest BCUT2D eigenvalue weighted by Crippen LogP contribution is -2.45. The molecule has 1 aromatic carbocycles. The van der Waals surface area contributed by atoms with Crippen LogP contribution in [0.3, 0.4) is 0 Å². The van der Waals surface area contributed by atoms with Crippen molar-refractivity contribution in [2.75, 3.05) is 5.32 Å². The van der Waals surface area contributed by atoms with Crippen LogP contribution in [0.2, 0.25) is 0 Å². The number of aliphatic hydroxyl groups excluding tert-OH is 2. The van der Waals surface area contributed by atoms with Gasteiger partial charge < -0.3 is 25.0 Å². The number of nitrogens with one attached hydrogen (secondary N) is 1. The van der Waals surface area contributed by atoms with Crippen molar-refractivity contribution in [3.63, 3.8) is 0 Å². The summed E-state index contributed by atoms with van der Waals surface area (Å²) in [6, 6.07) is 5.24. The van der Waals surface area contributed by atoms with Crippen molar-refractivity contribution in [1.29, 1.82) is 0 Å². The number of fused-ring (bicyclic) bond motifs is 1. The first-order valence-electron chi connectivity index (χ1n) is 10.9. The molecule has 4 atom stereocenters. The number of nitro benzene ring substituents is 1. The van der Waals surface area contributed by atoms with Crippen molar-refractivity contribution in [1.82, 2.24) is 19.5 Å². The third-order valence-corrected chi connectivity index (χ3v) is 6.12. The summed E-state index contributed by atoms with van der Waals surface area (Å²) >= 11 is 0. The zero-order chi connectivity index (χ0) is 24.9. The first-order valence-corrected chi connectivity index (χ1v) is 10.9. The Balaban J connectivity index is 1.46. The molecule has 5 rings (SSSR count). The molecule has 3 aromatic rings. The summed E-state index contributed by atoms with van der Waals surface area (Å²) in [7, 11) is 0. The van der Waals surface area contributed by atoms with E-state index >= 15 is 0 Å². The average molecular weight is 492 g/mol. The molecule has 0 unspecified atom stereocenters. The van der Waals surface area contributed by atoms with Gasteiger partial charge in [0.05, 0.1) is 11.0 Å². The fraction of sp³-hybridized carbons (Fsp3) is 0.476. The fourth-order valence-electron chi connectivity index (χ4n) is 4.19. The third-order valence-electron chi connectivity index (χ3n) is 6.12. The third kappa shape index (κ3) is 4.35. The minimum atomic E-state index is -2.76. The minimum absolute atomic E-state index is 0.0207. The number of ether oxygens (including phenoxy) is 2. The highest BCUT2D eigenvalue weighted by molar-refractivity contribution is 5.79. The maximum Gasteiger partial charge on any atom is 0.269 e. The molecule has 2 aromatic heterocycles. The van der Waals surface area contributed by atoms with E-state index in [1.807, 2.05) is 0 Å². The highest BCUT2D eigenvalue weighted by Gasteiger charge is 2.47. The number of nitrogens with zero attached hydrogens (tertiary/aromatic N) is 5. The minimum Gasteiger partial charge on any atom is -0.471 e.